The average molecular weight is 487 g/mol. The second-order valence-electron chi connectivity index (χ2n) is 8.30. The van der Waals surface area contributed by atoms with E-state index in [1.54, 1.807) is 11.8 Å². The molecular formula is C25H31BrN2O3. The van der Waals surface area contributed by atoms with Crippen LogP contribution < -0.4 is 10.1 Å². The number of carbonyl (C=O) groups is 2. The van der Waals surface area contributed by atoms with Gasteiger partial charge in [-0.15, -0.1) is 0 Å². The van der Waals surface area contributed by atoms with Crippen LogP contribution >= 0.6 is 15.9 Å². The maximum Gasteiger partial charge on any atom is 0.261 e. The standard InChI is InChI=1S/C25H31BrN2O3/c1-17-7-6-10-23(18(17)2)31-16-24(29)28(15-20-11-13-21(26)14-12-20)19(3)25(30)27-22-8-4-5-9-22/h6-7,10-14,19,22H,4-5,8-9,15-16H2,1-3H3,(H,27,30)/t19-/m1/s1. The predicted octanol–water partition coefficient (Wildman–Crippen LogP) is 4.92. The highest BCUT2D eigenvalue weighted by Crippen LogP contribution is 2.22. The second kappa shape index (κ2) is 10.8. The van der Waals surface area contributed by atoms with Crippen LogP contribution in [-0.2, 0) is 16.1 Å². The lowest BCUT2D eigenvalue weighted by molar-refractivity contribution is -0.142. The van der Waals surface area contributed by atoms with E-state index in [0.717, 1.165) is 46.8 Å². The summed E-state index contributed by atoms with van der Waals surface area (Å²) < 4.78 is 6.82. The van der Waals surface area contributed by atoms with E-state index in [1.807, 2.05) is 56.3 Å². The van der Waals surface area contributed by atoms with Crippen molar-refractivity contribution in [1.82, 2.24) is 10.2 Å². The van der Waals surface area contributed by atoms with Crippen molar-refractivity contribution in [2.24, 2.45) is 0 Å². The largest absolute Gasteiger partial charge is 0.483 e. The highest BCUT2D eigenvalue weighted by Gasteiger charge is 2.28. The highest BCUT2D eigenvalue weighted by atomic mass is 79.9. The van der Waals surface area contributed by atoms with E-state index in [0.29, 0.717) is 12.3 Å². The number of hydrogen-bond acceptors (Lipinski definition) is 3. The number of nitrogens with zero attached hydrogens (tertiary/aromatic N) is 1. The van der Waals surface area contributed by atoms with E-state index >= 15 is 0 Å². The zero-order chi connectivity index (χ0) is 22.4. The summed E-state index contributed by atoms with van der Waals surface area (Å²) in [5, 5.41) is 3.12. The number of rotatable bonds is 8. The Kier molecular flexibility index (Phi) is 8.13. The zero-order valence-corrected chi connectivity index (χ0v) is 20.1. The van der Waals surface area contributed by atoms with Crippen LogP contribution in [0.15, 0.2) is 46.9 Å². The normalized spacial score (nSPS) is 14.8. The third kappa shape index (κ3) is 6.33. The molecule has 0 unspecified atom stereocenters. The Morgan fingerprint density at radius 2 is 1.81 bits per heavy atom. The van der Waals surface area contributed by atoms with Gasteiger partial charge < -0.3 is 15.0 Å². The van der Waals surface area contributed by atoms with Gasteiger partial charge in [-0.05, 0) is 68.5 Å². The fourth-order valence-corrected chi connectivity index (χ4v) is 4.13. The number of nitrogens with one attached hydrogen (secondary N) is 1. The molecule has 0 aliphatic heterocycles. The second-order valence-corrected chi connectivity index (χ2v) is 9.22. The van der Waals surface area contributed by atoms with Gasteiger partial charge >= 0.3 is 0 Å². The molecule has 0 spiro atoms. The van der Waals surface area contributed by atoms with Crippen molar-refractivity contribution < 1.29 is 14.3 Å². The summed E-state index contributed by atoms with van der Waals surface area (Å²) >= 11 is 3.44. The van der Waals surface area contributed by atoms with Gasteiger partial charge in [0.25, 0.3) is 5.91 Å². The minimum atomic E-state index is -0.584. The first-order valence-corrected chi connectivity index (χ1v) is 11.7. The van der Waals surface area contributed by atoms with Gasteiger partial charge in [0.1, 0.15) is 11.8 Å². The predicted molar refractivity (Wildman–Crippen MR) is 126 cm³/mol. The molecule has 2 amide bonds. The minimum absolute atomic E-state index is 0.107. The summed E-state index contributed by atoms with van der Waals surface area (Å²) in [6.07, 6.45) is 4.30. The number of halogens is 1. The molecule has 1 saturated carbocycles. The van der Waals surface area contributed by atoms with E-state index in [-0.39, 0.29) is 24.5 Å². The highest BCUT2D eigenvalue weighted by molar-refractivity contribution is 9.10. The summed E-state index contributed by atoms with van der Waals surface area (Å²) in [4.78, 5) is 27.7. The van der Waals surface area contributed by atoms with Crippen LogP contribution in [0.5, 0.6) is 5.75 Å². The van der Waals surface area contributed by atoms with Crippen LogP contribution in [0.1, 0.15) is 49.3 Å². The van der Waals surface area contributed by atoms with Gasteiger partial charge in [0.2, 0.25) is 5.91 Å². The molecule has 1 aliphatic carbocycles. The molecule has 5 nitrogen and oxygen atoms in total. The zero-order valence-electron chi connectivity index (χ0n) is 18.5. The van der Waals surface area contributed by atoms with Crippen molar-refractivity contribution >= 4 is 27.7 Å². The van der Waals surface area contributed by atoms with Crippen molar-refractivity contribution in [1.29, 1.82) is 0 Å². The number of amides is 2. The molecular weight excluding hydrogens is 456 g/mol. The Labute approximate surface area is 193 Å². The van der Waals surface area contributed by atoms with Gasteiger partial charge in [0.15, 0.2) is 6.61 Å². The molecule has 0 heterocycles. The third-order valence-electron chi connectivity index (χ3n) is 6.04. The number of ether oxygens (including phenoxy) is 1. The summed E-state index contributed by atoms with van der Waals surface area (Å²) in [7, 11) is 0. The first-order valence-electron chi connectivity index (χ1n) is 10.9. The monoisotopic (exact) mass is 486 g/mol. The Balaban J connectivity index is 1.73. The molecule has 0 aromatic heterocycles. The topological polar surface area (TPSA) is 58.6 Å². The van der Waals surface area contributed by atoms with Crippen LogP contribution in [0.25, 0.3) is 0 Å². The van der Waals surface area contributed by atoms with Crippen LogP contribution in [0.3, 0.4) is 0 Å². The maximum atomic E-state index is 13.2. The van der Waals surface area contributed by atoms with Gasteiger partial charge in [-0.1, -0.05) is 53.0 Å². The van der Waals surface area contributed by atoms with Gasteiger partial charge in [-0.25, -0.2) is 0 Å². The van der Waals surface area contributed by atoms with E-state index in [4.69, 9.17) is 4.74 Å². The first-order chi connectivity index (χ1) is 14.8. The van der Waals surface area contributed by atoms with E-state index in [1.165, 1.54) is 0 Å². The smallest absolute Gasteiger partial charge is 0.261 e. The summed E-state index contributed by atoms with van der Waals surface area (Å²) in [5.41, 5.74) is 3.09. The quantitative estimate of drug-likeness (QED) is 0.575. The molecule has 1 N–H and O–H groups in total. The van der Waals surface area contributed by atoms with Crippen LogP contribution in [-0.4, -0.2) is 35.4 Å². The molecule has 0 saturated heterocycles. The van der Waals surface area contributed by atoms with Crippen molar-refractivity contribution in [3.05, 3.63) is 63.6 Å². The molecule has 1 atom stereocenters. The van der Waals surface area contributed by atoms with Crippen molar-refractivity contribution in [2.75, 3.05) is 6.61 Å². The Hall–Kier alpha value is -2.34. The third-order valence-corrected chi connectivity index (χ3v) is 6.57. The van der Waals surface area contributed by atoms with Gasteiger partial charge in [-0.3, -0.25) is 9.59 Å². The summed E-state index contributed by atoms with van der Waals surface area (Å²) in [5.74, 6) is 0.377. The maximum absolute atomic E-state index is 13.2. The van der Waals surface area contributed by atoms with E-state index < -0.39 is 6.04 Å². The molecule has 0 bridgehead atoms. The van der Waals surface area contributed by atoms with Crippen molar-refractivity contribution in [3.63, 3.8) is 0 Å². The Morgan fingerprint density at radius 3 is 2.48 bits per heavy atom. The molecule has 166 valence electrons. The molecule has 3 rings (SSSR count). The van der Waals surface area contributed by atoms with Crippen LogP contribution in [0.2, 0.25) is 0 Å². The molecule has 1 aliphatic rings. The number of aryl methyl sites for hydroxylation is 1. The van der Waals surface area contributed by atoms with Gasteiger partial charge in [0.05, 0.1) is 0 Å². The molecule has 31 heavy (non-hydrogen) atoms. The SMILES string of the molecule is Cc1cccc(OCC(=O)N(Cc2ccc(Br)cc2)[C@H](C)C(=O)NC2CCCC2)c1C. The fourth-order valence-electron chi connectivity index (χ4n) is 3.86. The van der Waals surface area contributed by atoms with Crippen molar-refractivity contribution in [3.8, 4) is 5.75 Å². The lowest BCUT2D eigenvalue weighted by Gasteiger charge is -2.29. The fraction of sp³-hybridized carbons (Fsp3) is 0.440. The van der Waals surface area contributed by atoms with Crippen LogP contribution in [0, 0.1) is 13.8 Å². The van der Waals surface area contributed by atoms with E-state index in [2.05, 4.69) is 21.2 Å². The summed E-state index contributed by atoms with van der Waals surface area (Å²) in [6, 6.07) is 13.2. The van der Waals surface area contributed by atoms with Gasteiger partial charge in [0, 0.05) is 17.1 Å². The number of hydrogen-bond donors (Lipinski definition) is 1. The molecule has 2 aromatic carbocycles. The molecule has 6 heteroatoms. The lowest BCUT2D eigenvalue weighted by Crippen LogP contribution is -2.50. The molecule has 0 radical (unpaired) electrons. The van der Waals surface area contributed by atoms with E-state index in [9.17, 15) is 9.59 Å². The first kappa shape index (κ1) is 23.3. The lowest BCUT2D eigenvalue weighted by atomic mass is 10.1. The molecule has 1 fully saturated rings. The summed E-state index contributed by atoms with van der Waals surface area (Å²) in [6.45, 7) is 6.02. The molecule has 2 aromatic rings. The number of benzene rings is 2. The van der Waals surface area contributed by atoms with Crippen molar-refractivity contribution in [2.45, 2.75) is 65.1 Å². The average Bonchev–Trinajstić information content (AvgIpc) is 3.26. The Bertz CT molecular complexity index is 907. The number of carbonyl (C=O) groups excluding carboxylic acids is 2. The minimum Gasteiger partial charge on any atom is -0.483 e. The van der Waals surface area contributed by atoms with Gasteiger partial charge in [-0.2, -0.15) is 0 Å². The Morgan fingerprint density at radius 1 is 1.13 bits per heavy atom. The van der Waals surface area contributed by atoms with Crippen LogP contribution in [0.4, 0.5) is 0 Å².